The van der Waals surface area contributed by atoms with Crippen molar-refractivity contribution in [1.29, 1.82) is 0 Å². The van der Waals surface area contributed by atoms with Crippen LogP contribution in [0.15, 0.2) is 34.2 Å². The van der Waals surface area contributed by atoms with Crippen LogP contribution < -0.4 is 21.7 Å². The molecule has 1 saturated heterocycles. The molecule has 208 valence electrons. The molecule has 1 aliphatic carbocycles. The van der Waals surface area contributed by atoms with Crippen LogP contribution in [-0.4, -0.2) is 85.4 Å². The molecular weight excluding hydrogens is 532 g/mol. The maximum atomic E-state index is 12.0. The molecule has 0 radical (unpaired) electrons. The number of aromatic nitrogens is 5. The summed E-state index contributed by atoms with van der Waals surface area (Å²) in [5.74, 6) is 1.85. The summed E-state index contributed by atoms with van der Waals surface area (Å²) in [7, 11) is 0. The Morgan fingerprint density at radius 2 is 2.17 bits per heavy atom. The fraction of sp³-hybridized carbons (Fsp3) is 0.407. The second-order valence-corrected chi connectivity index (χ2v) is 11.1. The third-order valence-electron chi connectivity index (χ3n) is 7.01. The van der Waals surface area contributed by atoms with Crippen LogP contribution in [0.3, 0.4) is 0 Å². The van der Waals surface area contributed by atoms with Gasteiger partial charge in [-0.05, 0) is 37.5 Å². The van der Waals surface area contributed by atoms with Gasteiger partial charge in [-0.2, -0.15) is 9.61 Å². The summed E-state index contributed by atoms with van der Waals surface area (Å²) in [6.45, 7) is 6.17. The van der Waals surface area contributed by atoms with Crippen LogP contribution in [0.4, 0.5) is 0 Å². The van der Waals surface area contributed by atoms with E-state index in [1.807, 2.05) is 18.2 Å². The second kappa shape index (κ2) is 11.2. The highest BCUT2D eigenvalue weighted by atomic mass is 32.1. The van der Waals surface area contributed by atoms with Crippen LogP contribution in [0.2, 0.25) is 0 Å². The molecule has 13 heteroatoms. The average Bonchev–Trinajstić information content (AvgIpc) is 3.33. The number of rotatable bonds is 9. The summed E-state index contributed by atoms with van der Waals surface area (Å²) >= 11 is 1.46. The molecule has 0 amide bonds. The van der Waals surface area contributed by atoms with Crippen molar-refractivity contribution in [3.05, 3.63) is 56.2 Å². The van der Waals surface area contributed by atoms with Crippen molar-refractivity contribution in [1.82, 2.24) is 34.8 Å². The third kappa shape index (κ3) is 5.63. The van der Waals surface area contributed by atoms with Gasteiger partial charge in [0.1, 0.15) is 11.4 Å². The number of hydrogen-bond acceptors (Lipinski definition) is 10. The number of H-pyrrole nitrogens is 2. The molecule has 5 heterocycles. The van der Waals surface area contributed by atoms with Gasteiger partial charge in [0, 0.05) is 37.0 Å². The van der Waals surface area contributed by atoms with E-state index in [0.29, 0.717) is 27.7 Å². The number of aromatic amines is 2. The zero-order valence-electron chi connectivity index (χ0n) is 22.0. The van der Waals surface area contributed by atoms with Gasteiger partial charge in [-0.15, -0.1) is 11.3 Å². The van der Waals surface area contributed by atoms with Gasteiger partial charge >= 0.3 is 5.69 Å². The van der Waals surface area contributed by atoms with Gasteiger partial charge in [-0.25, -0.2) is 14.6 Å². The van der Waals surface area contributed by atoms with E-state index in [4.69, 9.17) is 14.7 Å². The van der Waals surface area contributed by atoms with Gasteiger partial charge in [-0.1, -0.05) is 6.92 Å². The molecule has 1 saturated carbocycles. The van der Waals surface area contributed by atoms with Crippen LogP contribution in [0.25, 0.3) is 28.0 Å². The Hall–Kier alpha value is -4.03. The summed E-state index contributed by atoms with van der Waals surface area (Å²) in [5.41, 5.74) is 2.06. The minimum atomic E-state index is -0.507. The molecule has 0 aromatic carbocycles. The SMILES string of the molecule is CCC(CN1CCOCC1)NC(=C=O)c1ccc(-c2cc(=NC3CC3)n3ncc(=Cc4[nH]c(=O)[nH]c4O)c3n2)s1. The predicted octanol–water partition coefficient (Wildman–Crippen LogP) is 0.664. The molecule has 6 rings (SSSR count). The number of fused-ring (bicyclic) bond motifs is 1. The normalized spacial score (nSPS) is 17.8. The van der Waals surface area contributed by atoms with Gasteiger partial charge in [-0.3, -0.25) is 14.9 Å². The summed E-state index contributed by atoms with van der Waals surface area (Å²) in [5, 5.41) is 18.5. The van der Waals surface area contributed by atoms with Gasteiger partial charge in [0.25, 0.3) is 0 Å². The number of carbonyl (C=O) groups excluding carboxylic acids is 1. The third-order valence-corrected chi connectivity index (χ3v) is 8.13. The fourth-order valence-corrected chi connectivity index (χ4v) is 5.58. The molecule has 4 aromatic heterocycles. The minimum absolute atomic E-state index is 0.111. The number of nitrogens with zero attached hydrogens (tertiary/aromatic N) is 5. The zero-order chi connectivity index (χ0) is 27.6. The first-order valence-corrected chi connectivity index (χ1v) is 14.2. The van der Waals surface area contributed by atoms with Crippen LogP contribution in [0.5, 0.6) is 5.88 Å². The van der Waals surface area contributed by atoms with Gasteiger partial charge in [0.15, 0.2) is 17.1 Å². The number of ether oxygens (including phenoxy) is 1. The van der Waals surface area contributed by atoms with E-state index in [2.05, 4.69) is 38.1 Å². The van der Waals surface area contributed by atoms with Crippen molar-refractivity contribution < 1.29 is 14.6 Å². The van der Waals surface area contributed by atoms with E-state index in [1.54, 1.807) is 16.8 Å². The summed E-state index contributed by atoms with van der Waals surface area (Å²) in [6, 6.07) is 6.12. The zero-order valence-corrected chi connectivity index (χ0v) is 22.8. The van der Waals surface area contributed by atoms with E-state index in [0.717, 1.165) is 61.9 Å². The lowest BCUT2D eigenvalue weighted by Gasteiger charge is -2.30. The Bertz CT molecular complexity index is 1750. The average molecular weight is 563 g/mol. The molecule has 2 aliphatic rings. The first kappa shape index (κ1) is 26.2. The molecule has 4 N–H and O–H groups in total. The molecule has 1 aliphatic heterocycles. The minimum Gasteiger partial charge on any atom is -0.493 e. The van der Waals surface area contributed by atoms with E-state index in [1.165, 1.54) is 11.3 Å². The van der Waals surface area contributed by atoms with E-state index >= 15 is 0 Å². The lowest BCUT2D eigenvalue weighted by atomic mass is 10.2. The first-order chi connectivity index (χ1) is 19.5. The Kier molecular flexibility index (Phi) is 7.35. The van der Waals surface area contributed by atoms with Crippen molar-refractivity contribution in [2.75, 3.05) is 32.8 Å². The molecule has 40 heavy (non-hydrogen) atoms. The van der Waals surface area contributed by atoms with Gasteiger partial charge < -0.3 is 20.1 Å². The molecule has 1 atom stereocenters. The lowest BCUT2D eigenvalue weighted by Crippen LogP contribution is -2.45. The highest BCUT2D eigenvalue weighted by molar-refractivity contribution is 7.16. The quantitative estimate of drug-likeness (QED) is 0.217. The van der Waals surface area contributed by atoms with Crippen LogP contribution in [0, 0.1) is 0 Å². The number of hydrogen-bond donors (Lipinski definition) is 4. The predicted molar refractivity (Wildman–Crippen MR) is 150 cm³/mol. The van der Waals surface area contributed by atoms with Crippen LogP contribution >= 0.6 is 11.3 Å². The molecule has 12 nitrogen and oxygen atoms in total. The van der Waals surface area contributed by atoms with Crippen molar-refractivity contribution in [3.8, 4) is 16.5 Å². The summed E-state index contributed by atoms with van der Waals surface area (Å²) in [6.07, 6.45) is 6.17. The Balaban J connectivity index is 1.33. The van der Waals surface area contributed by atoms with Crippen molar-refractivity contribution in [3.63, 3.8) is 0 Å². The number of aromatic hydroxyl groups is 1. The smallest absolute Gasteiger partial charge is 0.326 e. The molecule has 2 fully saturated rings. The number of imidazole rings is 1. The number of morpholine rings is 1. The van der Waals surface area contributed by atoms with Crippen molar-refractivity contribution in [2.45, 2.75) is 38.3 Å². The molecule has 0 spiro atoms. The molecule has 0 bridgehead atoms. The summed E-state index contributed by atoms with van der Waals surface area (Å²) in [4.78, 5) is 42.2. The number of nitrogens with one attached hydrogen (secondary N) is 3. The fourth-order valence-electron chi connectivity index (χ4n) is 4.66. The molecule has 1 unspecified atom stereocenters. The van der Waals surface area contributed by atoms with Gasteiger partial charge in [0.05, 0.1) is 40.9 Å². The highest BCUT2D eigenvalue weighted by Gasteiger charge is 2.21. The second-order valence-electron chi connectivity index (χ2n) is 9.98. The first-order valence-electron chi connectivity index (χ1n) is 13.4. The lowest BCUT2D eigenvalue weighted by molar-refractivity contribution is 0.0341. The maximum absolute atomic E-state index is 12.0. The topological polar surface area (TPSA) is 153 Å². The van der Waals surface area contributed by atoms with Crippen molar-refractivity contribution in [2.24, 2.45) is 4.99 Å². The Labute approximate surface area is 232 Å². The maximum Gasteiger partial charge on any atom is 0.326 e. The summed E-state index contributed by atoms with van der Waals surface area (Å²) < 4.78 is 7.12. The monoisotopic (exact) mass is 562 g/mol. The highest BCUT2D eigenvalue weighted by Crippen LogP contribution is 2.29. The molecule has 4 aromatic rings. The van der Waals surface area contributed by atoms with E-state index in [-0.39, 0.29) is 23.7 Å². The van der Waals surface area contributed by atoms with Gasteiger partial charge in [0.2, 0.25) is 5.88 Å². The van der Waals surface area contributed by atoms with E-state index in [9.17, 15) is 14.7 Å². The van der Waals surface area contributed by atoms with Crippen molar-refractivity contribution >= 4 is 34.7 Å². The Morgan fingerprint density at radius 1 is 1.35 bits per heavy atom. The number of thiophene rings is 1. The Morgan fingerprint density at radius 3 is 2.88 bits per heavy atom. The largest absolute Gasteiger partial charge is 0.493 e. The van der Waals surface area contributed by atoms with Crippen LogP contribution in [-0.2, 0) is 9.53 Å². The van der Waals surface area contributed by atoms with Crippen LogP contribution in [0.1, 0.15) is 36.8 Å². The standard InChI is InChI=1S/C27H30N8O4S/c1-2-17(14-34-7-9-39-10-8-34)29-21(15-36)23-6-5-22(40-23)19-12-24(30-18-3-4-18)35-25(31-19)16(13-28-35)11-20-26(37)33-27(38)32-20/h5-6,11-13,17-18,29,37H,2-4,7-10,14H2,1H3,(H2,32,33,38). The van der Waals surface area contributed by atoms with E-state index < -0.39 is 5.69 Å². The molecular formula is C27H30N8O4S.